The molecule has 72 heavy (non-hydrogen) atoms. The smallest absolute Gasteiger partial charge is 0.167 e. The molecule has 4 aliphatic carbocycles. The third-order valence-corrected chi connectivity index (χ3v) is 16.6. The highest BCUT2D eigenvalue weighted by molar-refractivity contribution is 6.16. The molecule has 4 fully saturated rings. The molecule has 0 atom stereocenters. The molecule has 0 aliphatic heterocycles. The van der Waals surface area contributed by atoms with E-state index in [0.717, 1.165) is 90.0 Å². The lowest BCUT2D eigenvalue weighted by atomic mass is 9.51. The van der Waals surface area contributed by atoms with Crippen molar-refractivity contribution >= 4 is 43.7 Å². The topological polar surface area (TPSA) is 56.7 Å². The van der Waals surface area contributed by atoms with Gasteiger partial charge in [0.25, 0.3) is 0 Å². The van der Waals surface area contributed by atoms with Gasteiger partial charge in [-0.25, -0.2) is 15.0 Å². The molecule has 0 radical (unpaired) electrons. The number of benzene rings is 9. The quantitative estimate of drug-likeness (QED) is 0.152. The first-order chi connectivity index (χ1) is 35.6. The van der Waals surface area contributed by atoms with Crippen LogP contribution in [0.5, 0.6) is 0 Å². The number of aromatic nitrogens is 4. The van der Waals surface area contributed by atoms with Gasteiger partial charge in [0.05, 0.1) is 16.6 Å². The standard InChI is InChI=1S/C67H50N4O/c1-3-12-43(13-4-1)44-24-28-46(29-25-44)54-19-11-22-59-63(54)57-33-32-50(40-60(57)71(59)53-16-5-2-6-17-53)66-68-65(69-67(70-66)58-21-10-20-56-55-18-7-8-23-61(55)72-64(56)58)49-15-9-14-48(39-49)45-26-30-47(31-27-45)62-51-35-41-34-42(37-51)38-52(62)36-41/h1-33,39-42,51-52,62H,34-38H2. The van der Waals surface area contributed by atoms with Gasteiger partial charge in [-0.15, -0.1) is 0 Å². The Hall–Kier alpha value is -8.41. The van der Waals surface area contributed by atoms with Crippen molar-refractivity contribution in [3.05, 3.63) is 218 Å². The zero-order chi connectivity index (χ0) is 47.3. The molecule has 4 bridgehead atoms. The Bertz CT molecular complexity index is 4010. The SMILES string of the molecule is c1ccc(-c2ccc(-c3cccc4c3c3ccc(-c5nc(-c6cccc(-c7ccc(C8C9CC%10CC(C9)CC8C%10)cc7)c6)nc(-c6cccc7c6oc6ccccc67)n5)cc3n4-c3ccccc3)cc2)cc1. The van der Waals surface area contributed by atoms with Crippen LogP contribution in [0, 0.1) is 23.7 Å². The predicted molar refractivity (Wildman–Crippen MR) is 294 cm³/mol. The summed E-state index contributed by atoms with van der Waals surface area (Å²) >= 11 is 0. The van der Waals surface area contributed by atoms with Crippen molar-refractivity contribution in [3.8, 4) is 73.2 Å². The lowest BCUT2D eigenvalue weighted by Gasteiger charge is -2.54. The lowest BCUT2D eigenvalue weighted by Crippen LogP contribution is -2.43. The van der Waals surface area contributed by atoms with E-state index in [2.05, 4.69) is 205 Å². The number of hydrogen-bond acceptors (Lipinski definition) is 4. The number of furan rings is 1. The van der Waals surface area contributed by atoms with Gasteiger partial charge in [-0.3, -0.25) is 0 Å². The van der Waals surface area contributed by atoms with Crippen molar-refractivity contribution < 1.29 is 4.42 Å². The lowest BCUT2D eigenvalue weighted by molar-refractivity contribution is -0.00277. The first-order valence-electron chi connectivity index (χ1n) is 25.8. The Morgan fingerprint density at radius 3 is 1.71 bits per heavy atom. The van der Waals surface area contributed by atoms with Gasteiger partial charge in [0.1, 0.15) is 11.2 Å². The van der Waals surface area contributed by atoms with Crippen LogP contribution in [0.1, 0.15) is 43.6 Å². The molecule has 0 saturated heterocycles. The van der Waals surface area contributed by atoms with Gasteiger partial charge < -0.3 is 8.98 Å². The minimum absolute atomic E-state index is 0.565. The van der Waals surface area contributed by atoms with Crippen LogP contribution in [0.15, 0.2) is 217 Å². The van der Waals surface area contributed by atoms with E-state index in [9.17, 15) is 0 Å². The van der Waals surface area contributed by atoms with Gasteiger partial charge in [-0.05, 0) is 143 Å². The molecule has 4 aliphatic rings. The highest BCUT2D eigenvalue weighted by atomic mass is 16.3. The fraction of sp³-hybridized carbons (Fsp3) is 0.149. The molecule has 4 saturated carbocycles. The van der Waals surface area contributed by atoms with Gasteiger partial charge in [0, 0.05) is 38.4 Å². The molecule has 0 N–H and O–H groups in total. The maximum atomic E-state index is 6.62. The fourth-order valence-electron chi connectivity index (χ4n) is 13.7. The van der Waals surface area contributed by atoms with Gasteiger partial charge in [0.2, 0.25) is 0 Å². The van der Waals surface area contributed by atoms with Gasteiger partial charge in [-0.1, -0.05) is 170 Å². The Balaban J connectivity index is 0.875. The maximum absolute atomic E-state index is 6.62. The highest BCUT2D eigenvalue weighted by Gasteiger charge is 2.48. The minimum atomic E-state index is 0.565. The summed E-state index contributed by atoms with van der Waals surface area (Å²) in [6.45, 7) is 0. The Labute approximate surface area is 418 Å². The van der Waals surface area contributed by atoms with Crippen LogP contribution in [0.4, 0.5) is 0 Å². The van der Waals surface area contributed by atoms with Crippen LogP contribution in [-0.2, 0) is 0 Å². The second kappa shape index (κ2) is 16.6. The van der Waals surface area contributed by atoms with Crippen molar-refractivity contribution in [1.29, 1.82) is 0 Å². The molecule has 12 aromatic rings. The monoisotopic (exact) mass is 926 g/mol. The molecular formula is C67H50N4O. The zero-order valence-electron chi connectivity index (χ0n) is 39.8. The van der Waals surface area contributed by atoms with Crippen LogP contribution >= 0.6 is 0 Å². The molecule has 0 spiro atoms. The second-order valence-electron chi connectivity index (χ2n) is 20.8. The Morgan fingerprint density at radius 1 is 0.375 bits per heavy atom. The molecule has 5 nitrogen and oxygen atoms in total. The summed E-state index contributed by atoms with van der Waals surface area (Å²) in [4.78, 5) is 16.0. The fourth-order valence-corrected chi connectivity index (χ4v) is 13.7. The van der Waals surface area contributed by atoms with Gasteiger partial charge in [-0.2, -0.15) is 0 Å². The first-order valence-corrected chi connectivity index (χ1v) is 25.8. The van der Waals surface area contributed by atoms with Crippen LogP contribution in [0.25, 0.3) is 117 Å². The summed E-state index contributed by atoms with van der Waals surface area (Å²) in [5, 5.41) is 4.46. The number of rotatable bonds is 8. The number of hydrogen-bond donors (Lipinski definition) is 0. The number of para-hydroxylation sites is 3. The summed E-state index contributed by atoms with van der Waals surface area (Å²) in [5.74, 6) is 6.14. The summed E-state index contributed by atoms with van der Waals surface area (Å²) in [6.07, 6.45) is 7.20. The van der Waals surface area contributed by atoms with Crippen molar-refractivity contribution in [3.63, 3.8) is 0 Å². The minimum Gasteiger partial charge on any atom is -0.455 e. The van der Waals surface area contributed by atoms with Crippen molar-refractivity contribution in [2.45, 2.75) is 38.0 Å². The van der Waals surface area contributed by atoms with Crippen LogP contribution in [0.2, 0.25) is 0 Å². The van der Waals surface area contributed by atoms with Gasteiger partial charge in [0.15, 0.2) is 17.5 Å². The number of nitrogens with zero attached hydrogens (tertiary/aromatic N) is 4. The van der Waals surface area contributed by atoms with E-state index in [-0.39, 0.29) is 0 Å². The second-order valence-corrected chi connectivity index (χ2v) is 20.8. The average Bonchev–Trinajstić information content (AvgIpc) is 3.99. The molecule has 3 heterocycles. The van der Waals surface area contributed by atoms with Crippen LogP contribution in [0.3, 0.4) is 0 Å². The summed E-state index contributed by atoms with van der Waals surface area (Å²) in [5.41, 5.74) is 16.2. The molecule has 3 aromatic heterocycles. The number of fused-ring (bicyclic) bond motifs is 6. The van der Waals surface area contributed by atoms with Crippen molar-refractivity contribution in [1.82, 2.24) is 19.5 Å². The third kappa shape index (κ3) is 6.86. The maximum Gasteiger partial charge on any atom is 0.167 e. The van der Waals surface area contributed by atoms with Crippen LogP contribution in [-0.4, -0.2) is 19.5 Å². The molecule has 16 rings (SSSR count). The summed E-state index contributed by atoms with van der Waals surface area (Å²) in [7, 11) is 0. The van der Waals surface area contributed by atoms with E-state index in [1.165, 1.54) is 70.9 Å². The summed E-state index contributed by atoms with van der Waals surface area (Å²) < 4.78 is 9.00. The van der Waals surface area contributed by atoms with E-state index in [1.807, 2.05) is 12.1 Å². The molecule has 5 heteroatoms. The van der Waals surface area contributed by atoms with Gasteiger partial charge >= 0.3 is 0 Å². The third-order valence-electron chi connectivity index (χ3n) is 16.6. The average molecular weight is 927 g/mol. The highest BCUT2D eigenvalue weighted by Crippen LogP contribution is 2.60. The van der Waals surface area contributed by atoms with E-state index >= 15 is 0 Å². The zero-order valence-corrected chi connectivity index (χ0v) is 39.8. The van der Waals surface area contributed by atoms with E-state index in [1.54, 1.807) is 0 Å². The predicted octanol–water partition coefficient (Wildman–Crippen LogP) is 17.4. The normalized spacial score (nSPS) is 19.2. The first kappa shape index (κ1) is 41.4. The molecular weight excluding hydrogens is 877 g/mol. The molecule has 0 unspecified atom stereocenters. The van der Waals surface area contributed by atoms with Crippen LogP contribution < -0.4 is 0 Å². The molecule has 9 aromatic carbocycles. The van der Waals surface area contributed by atoms with E-state index < -0.39 is 0 Å². The largest absolute Gasteiger partial charge is 0.455 e. The van der Waals surface area contributed by atoms with E-state index in [4.69, 9.17) is 19.4 Å². The van der Waals surface area contributed by atoms with Crippen molar-refractivity contribution in [2.24, 2.45) is 23.7 Å². The molecule has 0 amide bonds. The summed E-state index contributed by atoms with van der Waals surface area (Å²) in [6, 6.07) is 76.3. The van der Waals surface area contributed by atoms with E-state index in [0.29, 0.717) is 23.4 Å². The Kier molecular flexibility index (Phi) is 9.54. The molecule has 344 valence electrons. The Morgan fingerprint density at radius 2 is 0.931 bits per heavy atom. The van der Waals surface area contributed by atoms with Crippen molar-refractivity contribution in [2.75, 3.05) is 0 Å².